The molecule has 0 radical (unpaired) electrons. The maximum Gasteiger partial charge on any atom is 0.0977 e. The van der Waals surface area contributed by atoms with Crippen molar-refractivity contribution >= 4 is 0 Å². The molecule has 82 valence electrons. The van der Waals surface area contributed by atoms with E-state index in [1.807, 2.05) is 27.7 Å². The summed E-state index contributed by atoms with van der Waals surface area (Å²) in [6, 6.07) is 0. The number of hydrogen-bond acceptors (Lipinski definition) is 2. The summed E-state index contributed by atoms with van der Waals surface area (Å²) in [6.45, 7) is 12.3. The minimum Gasteiger partial charge on any atom is -0.230 e. The molecule has 0 fully saturated rings. The van der Waals surface area contributed by atoms with E-state index in [2.05, 4.69) is 13.8 Å². The predicted octanol–water partition coefficient (Wildman–Crippen LogP) is 3.95. The molecule has 13 heavy (non-hydrogen) atoms. The summed E-state index contributed by atoms with van der Waals surface area (Å²) >= 11 is 0. The largest absolute Gasteiger partial charge is 0.230 e. The van der Waals surface area contributed by atoms with Gasteiger partial charge in [-0.15, -0.1) is 0 Å². The fourth-order valence-corrected chi connectivity index (χ4v) is 0.343. The molecule has 0 aromatic carbocycles. The van der Waals surface area contributed by atoms with Crippen LogP contribution in [0.4, 0.5) is 0 Å². The first-order chi connectivity index (χ1) is 5.33. The van der Waals surface area contributed by atoms with Crippen LogP contribution in [0.25, 0.3) is 0 Å². The summed E-state index contributed by atoms with van der Waals surface area (Å²) in [7, 11) is 0. The van der Waals surface area contributed by atoms with Gasteiger partial charge in [-0.3, -0.25) is 0 Å². The van der Waals surface area contributed by atoms with Crippen molar-refractivity contribution in [1.29, 1.82) is 0 Å². The molecule has 0 unspecified atom stereocenters. The van der Waals surface area contributed by atoms with Gasteiger partial charge in [-0.2, -0.15) is 0 Å². The maximum absolute atomic E-state index is 5.33. The van der Waals surface area contributed by atoms with Gasteiger partial charge in [0.1, 0.15) is 0 Å². The van der Waals surface area contributed by atoms with Crippen LogP contribution in [0.5, 0.6) is 0 Å². The summed E-state index contributed by atoms with van der Waals surface area (Å²) < 4.78 is 0. The minimum absolute atomic E-state index is 0. The molecule has 0 spiro atoms. The van der Waals surface area contributed by atoms with E-state index in [4.69, 9.17) is 9.78 Å². The zero-order chi connectivity index (χ0) is 9.83. The summed E-state index contributed by atoms with van der Waals surface area (Å²) in [5, 5.41) is 0. The molecule has 0 N–H and O–H groups in total. The first kappa shape index (κ1) is 15.4. The molecule has 0 aliphatic carbocycles. The molecule has 2 heteroatoms. The highest BCUT2D eigenvalue weighted by molar-refractivity contribution is 4.66. The lowest BCUT2D eigenvalue weighted by Gasteiger charge is -2.29. The van der Waals surface area contributed by atoms with Crippen molar-refractivity contribution in [3.05, 3.63) is 0 Å². The zero-order valence-electron chi connectivity index (χ0n) is 9.23. The van der Waals surface area contributed by atoms with Crippen molar-refractivity contribution in [2.45, 2.75) is 73.0 Å². The van der Waals surface area contributed by atoms with E-state index >= 15 is 0 Å². The third-order valence-corrected chi connectivity index (χ3v) is 2.20. The average molecular weight is 190 g/mol. The summed E-state index contributed by atoms with van der Waals surface area (Å²) in [4.78, 5) is 10.7. The van der Waals surface area contributed by atoms with Gasteiger partial charge in [-0.05, 0) is 40.5 Å². The molecule has 0 aliphatic rings. The highest BCUT2D eigenvalue weighted by Crippen LogP contribution is 2.20. The second-order valence-electron chi connectivity index (χ2n) is 4.39. The average Bonchev–Trinajstić information content (AvgIpc) is 2.02. The van der Waals surface area contributed by atoms with Crippen LogP contribution in [0.2, 0.25) is 0 Å². The van der Waals surface area contributed by atoms with Crippen molar-refractivity contribution < 1.29 is 9.78 Å². The SMILES string of the molecule is C.CCC(C)(C)OOC(C)(C)CC. The van der Waals surface area contributed by atoms with E-state index in [1.54, 1.807) is 0 Å². The quantitative estimate of drug-likeness (QED) is 0.483. The number of hydrogen-bond donors (Lipinski definition) is 0. The second kappa shape index (κ2) is 5.61. The second-order valence-corrected chi connectivity index (χ2v) is 4.39. The van der Waals surface area contributed by atoms with Crippen molar-refractivity contribution in [3.8, 4) is 0 Å². The highest BCUT2D eigenvalue weighted by atomic mass is 17.2. The van der Waals surface area contributed by atoms with Crippen LogP contribution in [-0.4, -0.2) is 11.2 Å². The van der Waals surface area contributed by atoms with Crippen LogP contribution in [0.3, 0.4) is 0 Å². The van der Waals surface area contributed by atoms with Gasteiger partial charge in [-0.1, -0.05) is 21.3 Å². The molecule has 2 nitrogen and oxygen atoms in total. The van der Waals surface area contributed by atoms with E-state index in [1.165, 1.54) is 0 Å². The standard InChI is InChI=1S/C10H22O2.CH4/c1-7-9(3,4)11-12-10(5,6)8-2;/h7-8H2,1-6H3;1H4. The lowest BCUT2D eigenvalue weighted by Crippen LogP contribution is -2.31. The fraction of sp³-hybridized carbons (Fsp3) is 1.00. The highest BCUT2D eigenvalue weighted by Gasteiger charge is 2.23. The molecule has 0 heterocycles. The Kier molecular flexibility index (Phi) is 6.64. The van der Waals surface area contributed by atoms with Gasteiger partial charge < -0.3 is 0 Å². The zero-order valence-corrected chi connectivity index (χ0v) is 9.23. The Balaban J connectivity index is 0. The Morgan fingerprint density at radius 3 is 1.15 bits per heavy atom. The summed E-state index contributed by atoms with van der Waals surface area (Å²) in [5.74, 6) is 0. The Hall–Kier alpha value is -0.0800. The van der Waals surface area contributed by atoms with Crippen LogP contribution >= 0.6 is 0 Å². The number of rotatable bonds is 5. The summed E-state index contributed by atoms with van der Waals surface area (Å²) in [6.07, 6.45) is 1.90. The molecular weight excluding hydrogens is 164 g/mol. The van der Waals surface area contributed by atoms with Crippen molar-refractivity contribution in [1.82, 2.24) is 0 Å². The third-order valence-electron chi connectivity index (χ3n) is 2.20. The van der Waals surface area contributed by atoms with Crippen LogP contribution < -0.4 is 0 Å². The van der Waals surface area contributed by atoms with E-state index in [0.29, 0.717) is 0 Å². The lowest BCUT2D eigenvalue weighted by atomic mass is 10.1. The molecule has 0 aliphatic heterocycles. The van der Waals surface area contributed by atoms with Crippen LogP contribution in [-0.2, 0) is 9.78 Å². The van der Waals surface area contributed by atoms with Crippen molar-refractivity contribution in [2.75, 3.05) is 0 Å². The van der Waals surface area contributed by atoms with E-state index < -0.39 is 0 Å². The topological polar surface area (TPSA) is 18.5 Å². The van der Waals surface area contributed by atoms with Gasteiger partial charge >= 0.3 is 0 Å². The van der Waals surface area contributed by atoms with Crippen LogP contribution in [0.1, 0.15) is 61.8 Å². The van der Waals surface area contributed by atoms with Gasteiger partial charge in [0.2, 0.25) is 0 Å². The predicted molar refractivity (Wildman–Crippen MR) is 57.6 cm³/mol. The Morgan fingerprint density at radius 1 is 0.769 bits per heavy atom. The maximum atomic E-state index is 5.33. The Labute approximate surface area is 83.6 Å². The monoisotopic (exact) mass is 190 g/mol. The van der Waals surface area contributed by atoms with Gasteiger partial charge in [0.05, 0.1) is 11.2 Å². The normalized spacial score (nSPS) is 12.5. The molecule has 0 aromatic heterocycles. The molecule has 0 saturated heterocycles. The smallest absolute Gasteiger partial charge is 0.0977 e. The first-order valence-electron chi connectivity index (χ1n) is 4.70. The van der Waals surface area contributed by atoms with Gasteiger partial charge in [-0.25, -0.2) is 9.78 Å². The third kappa shape index (κ3) is 7.03. The molecule has 0 amide bonds. The fourth-order valence-electron chi connectivity index (χ4n) is 0.343. The van der Waals surface area contributed by atoms with Crippen LogP contribution in [0.15, 0.2) is 0 Å². The Morgan fingerprint density at radius 2 is 1.00 bits per heavy atom. The van der Waals surface area contributed by atoms with Gasteiger partial charge in [0, 0.05) is 0 Å². The van der Waals surface area contributed by atoms with Crippen LogP contribution in [0, 0.1) is 0 Å². The van der Waals surface area contributed by atoms with Crippen molar-refractivity contribution in [3.63, 3.8) is 0 Å². The molecule has 0 aromatic rings. The van der Waals surface area contributed by atoms with E-state index in [9.17, 15) is 0 Å². The van der Waals surface area contributed by atoms with E-state index in [0.717, 1.165) is 12.8 Å². The molecule has 0 atom stereocenters. The minimum atomic E-state index is -0.174. The molecule has 0 saturated carbocycles. The van der Waals surface area contributed by atoms with Crippen molar-refractivity contribution in [2.24, 2.45) is 0 Å². The van der Waals surface area contributed by atoms with Gasteiger partial charge in [0.15, 0.2) is 0 Å². The first-order valence-corrected chi connectivity index (χ1v) is 4.70. The summed E-state index contributed by atoms with van der Waals surface area (Å²) in [5.41, 5.74) is -0.348. The van der Waals surface area contributed by atoms with Gasteiger partial charge in [0.25, 0.3) is 0 Å². The van der Waals surface area contributed by atoms with E-state index in [-0.39, 0.29) is 18.6 Å². The lowest BCUT2D eigenvalue weighted by molar-refractivity contribution is -0.401. The molecule has 0 rings (SSSR count). The molecular formula is C11H26O2. The Bertz CT molecular complexity index is 112. The molecule has 0 bridgehead atoms.